The number of nitrogens with one attached hydrogen (secondary N) is 1. The maximum Gasteiger partial charge on any atom is 0.306 e. The summed E-state index contributed by atoms with van der Waals surface area (Å²) in [6.45, 7) is 0. The first-order valence-corrected chi connectivity index (χ1v) is 5.52. The largest absolute Gasteiger partial charge is 0.481 e. The second-order valence-electron chi connectivity index (χ2n) is 3.53. The molecule has 0 saturated heterocycles. The lowest BCUT2D eigenvalue weighted by Gasteiger charge is -2.10. The molecular formula is C9H12N2O2S. The molecule has 5 heteroatoms. The lowest BCUT2D eigenvalue weighted by Crippen LogP contribution is -2.17. The number of hydrogen-bond donors (Lipinski definition) is 2. The standard InChI is InChI=1S/C9H12N2O2S/c12-8(13)6-1-2-7(5-6)11-9-10-3-4-14-9/h3-4,6-7H,1-2,5H2,(H,10,11)(H,12,13). The first-order chi connectivity index (χ1) is 6.75. The van der Waals surface area contributed by atoms with Crippen molar-refractivity contribution in [2.24, 2.45) is 5.92 Å². The van der Waals surface area contributed by atoms with E-state index in [0.29, 0.717) is 0 Å². The number of carboxylic acid groups (broad SMARTS) is 1. The third kappa shape index (κ3) is 2.04. The minimum absolute atomic E-state index is 0.174. The summed E-state index contributed by atoms with van der Waals surface area (Å²) in [5.74, 6) is -0.846. The van der Waals surface area contributed by atoms with Crippen LogP contribution in [0.5, 0.6) is 0 Å². The molecule has 0 radical (unpaired) electrons. The van der Waals surface area contributed by atoms with Crippen LogP contribution in [-0.4, -0.2) is 22.1 Å². The van der Waals surface area contributed by atoms with Gasteiger partial charge in [-0.05, 0) is 19.3 Å². The van der Waals surface area contributed by atoms with E-state index in [-0.39, 0.29) is 12.0 Å². The van der Waals surface area contributed by atoms with Crippen LogP contribution in [0, 0.1) is 5.92 Å². The molecule has 1 aromatic heterocycles. The fraction of sp³-hybridized carbons (Fsp3) is 0.556. The van der Waals surface area contributed by atoms with Crippen LogP contribution in [0.2, 0.25) is 0 Å². The molecule has 76 valence electrons. The zero-order chi connectivity index (χ0) is 9.97. The summed E-state index contributed by atoms with van der Waals surface area (Å²) < 4.78 is 0. The molecule has 2 atom stereocenters. The van der Waals surface area contributed by atoms with Crippen LogP contribution in [0.1, 0.15) is 19.3 Å². The van der Waals surface area contributed by atoms with E-state index < -0.39 is 5.97 Å². The Balaban J connectivity index is 1.87. The smallest absolute Gasteiger partial charge is 0.306 e. The van der Waals surface area contributed by atoms with Crippen molar-refractivity contribution in [2.45, 2.75) is 25.3 Å². The summed E-state index contributed by atoms with van der Waals surface area (Å²) in [6, 6.07) is 0.280. The maximum absolute atomic E-state index is 10.7. The lowest BCUT2D eigenvalue weighted by atomic mass is 10.1. The summed E-state index contributed by atoms with van der Waals surface area (Å²) in [5, 5.41) is 14.9. The third-order valence-corrected chi connectivity index (χ3v) is 3.25. The van der Waals surface area contributed by atoms with Gasteiger partial charge in [-0.1, -0.05) is 0 Å². The van der Waals surface area contributed by atoms with Crippen molar-refractivity contribution in [1.29, 1.82) is 0 Å². The number of rotatable bonds is 3. The average Bonchev–Trinajstić information content (AvgIpc) is 2.75. The van der Waals surface area contributed by atoms with Gasteiger partial charge < -0.3 is 10.4 Å². The molecule has 0 amide bonds. The van der Waals surface area contributed by atoms with E-state index in [9.17, 15) is 4.79 Å². The Morgan fingerprint density at radius 3 is 3.07 bits per heavy atom. The highest BCUT2D eigenvalue weighted by atomic mass is 32.1. The Morgan fingerprint density at radius 2 is 2.50 bits per heavy atom. The number of hydrogen-bond acceptors (Lipinski definition) is 4. The molecule has 1 aliphatic carbocycles. The topological polar surface area (TPSA) is 62.2 Å². The van der Waals surface area contributed by atoms with Gasteiger partial charge >= 0.3 is 5.97 Å². The minimum atomic E-state index is -0.673. The predicted octanol–water partition coefficient (Wildman–Crippen LogP) is 1.81. The van der Waals surface area contributed by atoms with Gasteiger partial charge in [0.2, 0.25) is 0 Å². The molecule has 1 aliphatic rings. The molecule has 14 heavy (non-hydrogen) atoms. The predicted molar refractivity (Wildman–Crippen MR) is 54.5 cm³/mol. The molecule has 1 aromatic rings. The van der Waals surface area contributed by atoms with Crippen molar-refractivity contribution in [3.05, 3.63) is 11.6 Å². The van der Waals surface area contributed by atoms with E-state index in [1.165, 1.54) is 0 Å². The number of thiazole rings is 1. The SMILES string of the molecule is O=C(O)C1CCC(Nc2nccs2)C1. The van der Waals surface area contributed by atoms with Gasteiger partial charge in [0.15, 0.2) is 5.13 Å². The molecule has 0 bridgehead atoms. The fourth-order valence-electron chi connectivity index (χ4n) is 1.81. The summed E-state index contributed by atoms with van der Waals surface area (Å²) in [4.78, 5) is 14.8. The summed E-state index contributed by atoms with van der Waals surface area (Å²) >= 11 is 1.55. The maximum atomic E-state index is 10.7. The molecule has 2 rings (SSSR count). The Morgan fingerprint density at radius 1 is 1.64 bits per heavy atom. The van der Waals surface area contributed by atoms with E-state index in [4.69, 9.17) is 5.11 Å². The normalized spacial score (nSPS) is 26.3. The molecular weight excluding hydrogens is 200 g/mol. The van der Waals surface area contributed by atoms with Crippen molar-refractivity contribution in [3.63, 3.8) is 0 Å². The van der Waals surface area contributed by atoms with Gasteiger partial charge in [-0.15, -0.1) is 11.3 Å². The minimum Gasteiger partial charge on any atom is -0.481 e. The highest BCUT2D eigenvalue weighted by Crippen LogP contribution is 2.28. The summed E-state index contributed by atoms with van der Waals surface area (Å²) in [7, 11) is 0. The molecule has 4 nitrogen and oxygen atoms in total. The Kier molecular flexibility index (Phi) is 2.67. The van der Waals surface area contributed by atoms with Crippen molar-refractivity contribution < 1.29 is 9.90 Å². The molecule has 0 spiro atoms. The zero-order valence-corrected chi connectivity index (χ0v) is 8.46. The molecule has 2 N–H and O–H groups in total. The number of aromatic nitrogens is 1. The Bertz CT molecular complexity index is 313. The van der Waals surface area contributed by atoms with Gasteiger partial charge in [0.1, 0.15) is 0 Å². The van der Waals surface area contributed by atoms with Crippen molar-refractivity contribution >= 4 is 22.4 Å². The number of nitrogens with zero attached hydrogens (tertiary/aromatic N) is 1. The number of anilines is 1. The number of aliphatic carboxylic acids is 1. The molecule has 1 fully saturated rings. The fourth-order valence-corrected chi connectivity index (χ4v) is 2.41. The van der Waals surface area contributed by atoms with E-state index in [0.717, 1.165) is 24.4 Å². The van der Waals surface area contributed by atoms with E-state index in [1.54, 1.807) is 17.5 Å². The highest BCUT2D eigenvalue weighted by Gasteiger charge is 2.29. The summed E-state index contributed by atoms with van der Waals surface area (Å²) in [5.41, 5.74) is 0. The van der Waals surface area contributed by atoms with E-state index >= 15 is 0 Å². The number of carboxylic acids is 1. The molecule has 0 aromatic carbocycles. The van der Waals surface area contributed by atoms with Crippen LogP contribution in [0.3, 0.4) is 0 Å². The Hall–Kier alpha value is -1.10. The Labute approximate surface area is 86.0 Å². The van der Waals surface area contributed by atoms with Crippen LogP contribution in [0.15, 0.2) is 11.6 Å². The highest BCUT2D eigenvalue weighted by molar-refractivity contribution is 7.13. The van der Waals surface area contributed by atoms with Gasteiger partial charge in [0.05, 0.1) is 5.92 Å². The van der Waals surface area contributed by atoms with E-state index in [1.807, 2.05) is 5.38 Å². The van der Waals surface area contributed by atoms with Crippen molar-refractivity contribution in [3.8, 4) is 0 Å². The zero-order valence-electron chi connectivity index (χ0n) is 7.64. The van der Waals surface area contributed by atoms with Gasteiger partial charge in [-0.2, -0.15) is 0 Å². The van der Waals surface area contributed by atoms with Crippen LogP contribution >= 0.6 is 11.3 Å². The molecule has 1 saturated carbocycles. The van der Waals surface area contributed by atoms with Crippen LogP contribution in [0.25, 0.3) is 0 Å². The van der Waals surface area contributed by atoms with Crippen LogP contribution < -0.4 is 5.32 Å². The average molecular weight is 212 g/mol. The third-order valence-electron chi connectivity index (χ3n) is 2.54. The van der Waals surface area contributed by atoms with Gasteiger partial charge in [-0.3, -0.25) is 4.79 Å². The second-order valence-corrected chi connectivity index (χ2v) is 4.42. The second kappa shape index (κ2) is 3.96. The van der Waals surface area contributed by atoms with Gasteiger partial charge in [0, 0.05) is 17.6 Å². The quantitative estimate of drug-likeness (QED) is 0.802. The first-order valence-electron chi connectivity index (χ1n) is 4.64. The molecule has 1 heterocycles. The summed E-state index contributed by atoms with van der Waals surface area (Å²) in [6.07, 6.45) is 4.17. The van der Waals surface area contributed by atoms with E-state index in [2.05, 4.69) is 10.3 Å². The molecule has 0 aliphatic heterocycles. The van der Waals surface area contributed by atoms with Crippen LogP contribution in [-0.2, 0) is 4.79 Å². The van der Waals surface area contributed by atoms with Crippen molar-refractivity contribution in [1.82, 2.24) is 4.98 Å². The van der Waals surface area contributed by atoms with Gasteiger partial charge in [0.25, 0.3) is 0 Å². The van der Waals surface area contributed by atoms with Crippen LogP contribution in [0.4, 0.5) is 5.13 Å². The first kappa shape index (κ1) is 9.45. The van der Waals surface area contributed by atoms with Crippen molar-refractivity contribution in [2.75, 3.05) is 5.32 Å². The monoisotopic (exact) mass is 212 g/mol. The lowest BCUT2D eigenvalue weighted by molar-refractivity contribution is -0.141. The molecule has 2 unspecified atom stereocenters. The number of carbonyl (C=O) groups is 1. The van der Waals surface area contributed by atoms with Gasteiger partial charge in [-0.25, -0.2) is 4.98 Å².